The third-order valence-corrected chi connectivity index (χ3v) is 3.44. The van der Waals surface area contributed by atoms with Crippen LogP contribution in [0.3, 0.4) is 0 Å². The Morgan fingerprint density at radius 2 is 1.50 bits per heavy atom. The van der Waals surface area contributed by atoms with Crippen molar-refractivity contribution in [3.05, 3.63) is 65.7 Å². The van der Waals surface area contributed by atoms with Gasteiger partial charge < -0.3 is 10.5 Å². The van der Waals surface area contributed by atoms with Crippen LogP contribution in [0.25, 0.3) is 0 Å². The highest BCUT2D eigenvalue weighted by atomic mass is 16.5. The van der Waals surface area contributed by atoms with Crippen molar-refractivity contribution in [2.75, 3.05) is 6.54 Å². The van der Waals surface area contributed by atoms with Gasteiger partial charge in [-0.1, -0.05) is 56.3 Å². The molecule has 2 N–H and O–H groups in total. The second-order valence-corrected chi connectivity index (χ2v) is 5.44. The average Bonchev–Trinajstić information content (AvgIpc) is 2.47. The third kappa shape index (κ3) is 4.10. The summed E-state index contributed by atoms with van der Waals surface area (Å²) in [5, 5.41) is 0. The SMILES string of the molecule is CC(C)C(CN)Oc1ccc(Cc2ccccc2)cc1. The molecule has 0 saturated heterocycles. The summed E-state index contributed by atoms with van der Waals surface area (Å²) < 4.78 is 5.91. The second kappa shape index (κ2) is 7.11. The van der Waals surface area contributed by atoms with Gasteiger partial charge in [0.2, 0.25) is 0 Å². The van der Waals surface area contributed by atoms with Gasteiger partial charge in [-0.05, 0) is 35.6 Å². The molecule has 106 valence electrons. The first-order chi connectivity index (χ1) is 9.69. The Balaban J connectivity index is 1.99. The number of hydrogen-bond donors (Lipinski definition) is 1. The standard InChI is InChI=1S/C18H23NO/c1-14(2)18(13-19)20-17-10-8-16(9-11-17)12-15-6-4-3-5-7-15/h3-11,14,18H,12-13,19H2,1-2H3. The van der Waals surface area contributed by atoms with E-state index < -0.39 is 0 Å². The van der Waals surface area contributed by atoms with E-state index in [1.54, 1.807) is 0 Å². The lowest BCUT2D eigenvalue weighted by Gasteiger charge is -2.21. The van der Waals surface area contributed by atoms with Crippen molar-refractivity contribution >= 4 is 0 Å². The molecule has 2 rings (SSSR count). The molecule has 0 aliphatic heterocycles. The lowest BCUT2D eigenvalue weighted by molar-refractivity contribution is 0.159. The fraction of sp³-hybridized carbons (Fsp3) is 0.333. The number of rotatable bonds is 6. The lowest BCUT2D eigenvalue weighted by atomic mass is 10.0. The molecule has 1 unspecified atom stereocenters. The molecular weight excluding hydrogens is 246 g/mol. The Kier molecular flexibility index (Phi) is 5.19. The molecule has 20 heavy (non-hydrogen) atoms. The van der Waals surface area contributed by atoms with Gasteiger partial charge in [-0.2, -0.15) is 0 Å². The molecule has 0 fully saturated rings. The van der Waals surface area contributed by atoms with Crippen LogP contribution < -0.4 is 10.5 Å². The van der Waals surface area contributed by atoms with Gasteiger partial charge in [-0.15, -0.1) is 0 Å². The Labute approximate surface area is 121 Å². The molecular formula is C18H23NO. The molecule has 0 aromatic heterocycles. The molecule has 2 aromatic carbocycles. The predicted octanol–water partition coefficient (Wildman–Crippen LogP) is 3.64. The van der Waals surface area contributed by atoms with Crippen LogP contribution in [0.4, 0.5) is 0 Å². The van der Waals surface area contributed by atoms with Crippen LogP contribution >= 0.6 is 0 Å². The van der Waals surface area contributed by atoms with Crippen LogP contribution in [0, 0.1) is 5.92 Å². The Hall–Kier alpha value is -1.80. The highest BCUT2D eigenvalue weighted by molar-refractivity contribution is 5.31. The van der Waals surface area contributed by atoms with Crippen molar-refractivity contribution < 1.29 is 4.74 Å². The van der Waals surface area contributed by atoms with Gasteiger partial charge in [0.05, 0.1) is 0 Å². The van der Waals surface area contributed by atoms with Crippen LogP contribution in [-0.4, -0.2) is 12.6 Å². The van der Waals surface area contributed by atoms with Gasteiger partial charge in [0.1, 0.15) is 11.9 Å². The van der Waals surface area contributed by atoms with E-state index in [1.165, 1.54) is 11.1 Å². The largest absolute Gasteiger partial charge is 0.489 e. The van der Waals surface area contributed by atoms with E-state index >= 15 is 0 Å². The molecule has 0 bridgehead atoms. The zero-order chi connectivity index (χ0) is 14.4. The number of nitrogens with two attached hydrogens (primary N) is 1. The molecule has 0 aliphatic carbocycles. The average molecular weight is 269 g/mol. The van der Waals surface area contributed by atoms with E-state index in [0.29, 0.717) is 12.5 Å². The van der Waals surface area contributed by atoms with Gasteiger partial charge in [0.15, 0.2) is 0 Å². The van der Waals surface area contributed by atoms with Gasteiger partial charge in [0.25, 0.3) is 0 Å². The maximum Gasteiger partial charge on any atom is 0.119 e. The summed E-state index contributed by atoms with van der Waals surface area (Å²) in [6.07, 6.45) is 1.03. The van der Waals surface area contributed by atoms with Crippen molar-refractivity contribution in [1.29, 1.82) is 0 Å². The summed E-state index contributed by atoms with van der Waals surface area (Å²) in [6.45, 7) is 4.80. The highest BCUT2D eigenvalue weighted by Crippen LogP contribution is 2.18. The molecule has 2 nitrogen and oxygen atoms in total. The van der Waals surface area contributed by atoms with E-state index in [0.717, 1.165) is 12.2 Å². The summed E-state index contributed by atoms with van der Waals surface area (Å²) in [4.78, 5) is 0. The summed E-state index contributed by atoms with van der Waals surface area (Å²) in [7, 11) is 0. The molecule has 2 aromatic rings. The molecule has 0 saturated carbocycles. The minimum absolute atomic E-state index is 0.0787. The maximum atomic E-state index is 5.91. The number of ether oxygens (including phenoxy) is 1. The van der Waals surface area contributed by atoms with Crippen molar-refractivity contribution in [3.8, 4) is 5.75 Å². The third-order valence-electron chi connectivity index (χ3n) is 3.44. The fourth-order valence-electron chi connectivity index (χ4n) is 2.15. The van der Waals surface area contributed by atoms with Crippen molar-refractivity contribution in [3.63, 3.8) is 0 Å². The zero-order valence-electron chi connectivity index (χ0n) is 12.3. The normalized spacial score (nSPS) is 12.4. The molecule has 0 spiro atoms. The van der Waals surface area contributed by atoms with E-state index in [4.69, 9.17) is 10.5 Å². The minimum atomic E-state index is 0.0787. The lowest BCUT2D eigenvalue weighted by Crippen LogP contribution is -2.31. The molecule has 0 amide bonds. The Morgan fingerprint density at radius 1 is 0.900 bits per heavy atom. The van der Waals surface area contributed by atoms with E-state index in [-0.39, 0.29) is 6.10 Å². The molecule has 0 radical (unpaired) electrons. The molecule has 1 atom stereocenters. The highest BCUT2D eigenvalue weighted by Gasteiger charge is 2.12. The number of hydrogen-bond acceptors (Lipinski definition) is 2. The van der Waals surface area contributed by atoms with Crippen LogP contribution in [-0.2, 0) is 6.42 Å². The minimum Gasteiger partial charge on any atom is -0.489 e. The van der Waals surface area contributed by atoms with Crippen LogP contribution in [0.15, 0.2) is 54.6 Å². The summed E-state index contributed by atoms with van der Waals surface area (Å²) in [5.74, 6) is 1.31. The van der Waals surface area contributed by atoms with Crippen LogP contribution in [0.2, 0.25) is 0 Å². The van der Waals surface area contributed by atoms with Crippen molar-refractivity contribution in [2.24, 2.45) is 11.7 Å². The monoisotopic (exact) mass is 269 g/mol. The summed E-state index contributed by atoms with van der Waals surface area (Å²) in [6, 6.07) is 18.8. The van der Waals surface area contributed by atoms with E-state index in [9.17, 15) is 0 Å². The van der Waals surface area contributed by atoms with E-state index in [2.05, 4.69) is 50.2 Å². The van der Waals surface area contributed by atoms with Crippen molar-refractivity contribution in [2.45, 2.75) is 26.4 Å². The number of benzene rings is 2. The molecule has 0 aliphatic rings. The van der Waals surface area contributed by atoms with Gasteiger partial charge in [0, 0.05) is 6.54 Å². The van der Waals surface area contributed by atoms with Gasteiger partial charge in [-0.25, -0.2) is 0 Å². The first-order valence-electron chi connectivity index (χ1n) is 7.18. The predicted molar refractivity (Wildman–Crippen MR) is 84.0 cm³/mol. The van der Waals surface area contributed by atoms with Gasteiger partial charge >= 0.3 is 0 Å². The first-order valence-corrected chi connectivity index (χ1v) is 7.18. The zero-order valence-corrected chi connectivity index (χ0v) is 12.3. The topological polar surface area (TPSA) is 35.2 Å². The van der Waals surface area contributed by atoms with E-state index in [1.807, 2.05) is 18.2 Å². The Bertz CT molecular complexity index is 505. The van der Waals surface area contributed by atoms with Crippen LogP contribution in [0.5, 0.6) is 5.75 Å². The molecule has 2 heteroatoms. The van der Waals surface area contributed by atoms with Gasteiger partial charge in [-0.3, -0.25) is 0 Å². The summed E-state index contributed by atoms with van der Waals surface area (Å²) in [5.41, 5.74) is 8.34. The fourth-order valence-corrected chi connectivity index (χ4v) is 2.15. The quantitative estimate of drug-likeness (QED) is 0.869. The summed E-state index contributed by atoms with van der Waals surface area (Å²) >= 11 is 0. The Morgan fingerprint density at radius 3 is 2.05 bits per heavy atom. The van der Waals surface area contributed by atoms with Crippen LogP contribution in [0.1, 0.15) is 25.0 Å². The first kappa shape index (κ1) is 14.6. The molecule has 0 heterocycles. The second-order valence-electron chi connectivity index (χ2n) is 5.44. The van der Waals surface area contributed by atoms with Crippen molar-refractivity contribution in [1.82, 2.24) is 0 Å². The maximum absolute atomic E-state index is 5.91. The smallest absolute Gasteiger partial charge is 0.119 e.